The minimum absolute atomic E-state index is 0.0692. The summed E-state index contributed by atoms with van der Waals surface area (Å²) in [6.45, 7) is 4.26. The van der Waals surface area contributed by atoms with E-state index >= 15 is 0 Å². The smallest absolute Gasteiger partial charge is 0.125 e. The lowest BCUT2D eigenvalue weighted by atomic mass is 9.86. The molecule has 3 heteroatoms. The molecule has 2 atom stereocenters. The van der Waals surface area contributed by atoms with Crippen LogP contribution in [-0.2, 0) is 0 Å². The summed E-state index contributed by atoms with van der Waals surface area (Å²) in [5, 5.41) is 3.47. The normalized spacial score (nSPS) is 24.4. The van der Waals surface area contributed by atoms with Gasteiger partial charge in [0, 0.05) is 18.0 Å². The van der Waals surface area contributed by atoms with Crippen LogP contribution in [0.2, 0.25) is 0 Å². The summed E-state index contributed by atoms with van der Waals surface area (Å²) in [7, 11) is 2.05. The van der Waals surface area contributed by atoms with E-state index in [2.05, 4.69) is 31.3 Å². The largest absolute Gasteiger partial charge is 0.491 e. The molecule has 1 aromatic carbocycles. The molecule has 1 spiro atoms. The first kappa shape index (κ1) is 14.7. The van der Waals surface area contributed by atoms with Crippen LogP contribution >= 0.6 is 0 Å². The molecule has 1 N–H and O–H groups in total. The molecule has 2 unspecified atom stereocenters. The quantitative estimate of drug-likeness (QED) is 0.900. The molecule has 1 aliphatic carbocycles. The maximum Gasteiger partial charge on any atom is 0.125 e. The Kier molecular flexibility index (Phi) is 4.12. The first-order valence-corrected chi connectivity index (χ1v) is 8.33. The van der Waals surface area contributed by atoms with E-state index < -0.39 is 0 Å². The minimum Gasteiger partial charge on any atom is -0.491 e. The van der Waals surface area contributed by atoms with Crippen LogP contribution in [0.5, 0.6) is 11.5 Å². The highest BCUT2D eigenvalue weighted by molar-refractivity contribution is 5.44. The van der Waals surface area contributed by atoms with Gasteiger partial charge in [0.1, 0.15) is 17.1 Å². The highest BCUT2D eigenvalue weighted by atomic mass is 16.5. The third-order valence-electron chi connectivity index (χ3n) is 5.03. The van der Waals surface area contributed by atoms with Gasteiger partial charge < -0.3 is 14.8 Å². The van der Waals surface area contributed by atoms with Crippen LogP contribution in [-0.4, -0.2) is 18.8 Å². The summed E-state index contributed by atoms with van der Waals surface area (Å²) in [5.74, 6) is 1.99. The van der Waals surface area contributed by atoms with Crippen molar-refractivity contribution in [2.24, 2.45) is 0 Å². The van der Waals surface area contributed by atoms with Gasteiger partial charge in [-0.3, -0.25) is 0 Å². The van der Waals surface area contributed by atoms with Crippen molar-refractivity contribution in [1.82, 2.24) is 5.32 Å². The Labute approximate surface area is 128 Å². The summed E-state index contributed by atoms with van der Waals surface area (Å²) in [6, 6.07) is 6.67. The predicted octanol–water partition coefficient (Wildman–Crippen LogP) is 4.22. The van der Waals surface area contributed by atoms with Crippen molar-refractivity contribution in [2.75, 3.05) is 7.05 Å². The summed E-state index contributed by atoms with van der Waals surface area (Å²) in [5.41, 5.74) is 1.32. The van der Waals surface area contributed by atoms with Crippen molar-refractivity contribution in [3.8, 4) is 11.5 Å². The lowest BCUT2D eigenvalue weighted by molar-refractivity contribution is 0.0377. The van der Waals surface area contributed by atoms with E-state index in [1.807, 2.05) is 13.1 Å². The lowest BCUT2D eigenvalue weighted by Gasteiger charge is -2.40. The van der Waals surface area contributed by atoms with E-state index in [0.717, 1.165) is 24.3 Å². The van der Waals surface area contributed by atoms with Crippen LogP contribution < -0.4 is 14.8 Å². The van der Waals surface area contributed by atoms with E-state index in [4.69, 9.17) is 9.47 Å². The molecule has 0 bridgehead atoms. The summed E-state index contributed by atoms with van der Waals surface area (Å²) >= 11 is 0. The van der Waals surface area contributed by atoms with Gasteiger partial charge in [-0.25, -0.2) is 0 Å². The molecule has 0 aromatic heterocycles. The molecule has 3 nitrogen and oxygen atoms in total. The molecular formula is C18H27NO2. The van der Waals surface area contributed by atoms with Gasteiger partial charge in [0.15, 0.2) is 0 Å². The topological polar surface area (TPSA) is 30.5 Å². The standard InChI is InChI=1S/C18H27NO2/c1-4-13(2)20-14-7-8-17-15(11-14)16(19-3)12-18(21-17)9-5-6-10-18/h7-8,11,13,16,19H,4-6,9-10,12H2,1-3H3. The van der Waals surface area contributed by atoms with Gasteiger partial charge in [0.05, 0.1) is 6.10 Å². The van der Waals surface area contributed by atoms with E-state index in [-0.39, 0.29) is 11.7 Å². The molecule has 0 amide bonds. The van der Waals surface area contributed by atoms with E-state index in [9.17, 15) is 0 Å². The summed E-state index contributed by atoms with van der Waals surface area (Å²) < 4.78 is 12.4. The Balaban J connectivity index is 1.87. The Morgan fingerprint density at radius 1 is 1.38 bits per heavy atom. The van der Waals surface area contributed by atoms with Crippen molar-refractivity contribution in [2.45, 2.75) is 70.1 Å². The van der Waals surface area contributed by atoms with Crippen molar-refractivity contribution in [1.29, 1.82) is 0 Å². The second-order valence-corrected chi connectivity index (χ2v) is 6.57. The Morgan fingerprint density at radius 2 is 2.14 bits per heavy atom. The van der Waals surface area contributed by atoms with E-state index in [1.54, 1.807) is 0 Å². The van der Waals surface area contributed by atoms with Crippen LogP contribution in [0.15, 0.2) is 18.2 Å². The van der Waals surface area contributed by atoms with Crippen molar-refractivity contribution < 1.29 is 9.47 Å². The number of benzene rings is 1. The molecule has 21 heavy (non-hydrogen) atoms. The maximum absolute atomic E-state index is 6.40. The summed E-state index contributed by atoms with van der Waals surface area (Å²) in [4.78, 5) is 0. The van der Waals surface area contributed by atoms with Crippen molar-refractivity contribution in [3.63, 3.8) is 0 Å². The first-order valence-electron chi connectivity index (χ1n) is 8.33. The number of fused-ring (bicyclic) bond motifs is 1. The van der Waals surface area contributed by atoms with Crippen LogP contribution in [0, 0.1) is 0 Å². The predicted molar refractivity (Wildman–Crippen MR) is 85.1 cm³/mol. The molecule has 1 aromatic rings. The Morgan fingerprint density at radius 3 is 2.81 bits per heavy atom. The Hall–Kier alpha value is -1.22. The molecule has 3 rings (SSSR count). The fraction of sp³-hybridized carbons (Fsp3) is 0.667. The molecule has 2 aliphatic rings. The van der Waals surface area contributed by atoms with Crippen LogP contribution in [0.25, 0.3) is 0 Å². The molecule has 0 saturated heterocycles. The second kappa shape index (κ2) is 5.88. The van der Waals surface area contributed by atoms with Gasteiger partial charge in [-0.15, -0.1) is 0 Å². The zero-order chi connectivity index (χ0) is 14.9. The average Bonchev–Trinajstić information content (AvgIpc) is 2.94. The SMILES string of the molecule is CCC(C)Oc1ccc2c(c1)C(NC)CC1(CCCC1)O2. The number of rotatable bonds is 4. The molecule has 1 saturated carbocycles. The third-order valence-corrected chi connectivity index (χ3v) is 5.03. The van der Waals surface area contributed by atoms with Gasteiger partial charge in [0.2, 0.25) is 0 Å². The fourth-order valence-electron chi connectivity index (χ4n) is 3.62. The van der Waals surface area contributed by atoms with Crippen LogP contribution in [0.1, 0.15) is 64.0 Å². The van der Waals surface area contributed by atoms with E-state index in [0.29, 0.717) is 6.04 Å². The van der Waals surface area contributed by atoms with Crippen molar-refractivity contribution in [3.05, 3.63) is 23.8 Å². The average molecular weight is 289 g/mol. The minimum atomic E-state index is 0.0692. The zero-order valence-electron chi connectivity index (χ0n) is 13.4. The number of hydrogen-bond donors (Lipinski definition) is 1. The molecule has 1 fully saturated rings. The van der Waals surface area contributed by atoms with Gasteiger partial charge in [-0.05, 0) is 64.3 Å². The third kappa shape index (κ3) is 2.89. The van der Waals surface area contributed by atoms with Gasteiger partial charge >= 0.3 is 0 Å². The number of nitrogens with one attached hydrogen (secondary N) is 1. The molecule has 1 aliphatic heterocycles. The fourth-order valence-corrected chi connectivity index (χ4v) is 3.62. The molecule has 1 heterocycles. The second-order valence-electron chi connectivity index (χ2n) is 6.57. The zero-order valence-corrected chi connectivity index (χ0v) is 13.4. The van der Waals surface area contributed by atoms with Gasteiger partial charge in [-0.1, -0.05) is 6.92 Å². The molecular weight excluding hydrogens is 262 g/mol. The maximum atomic E-state index is 6.40. The highest BCUT2D eigenvalue weighted by Crippen LogP contribution is 2.47. The first-order chi connectivity index (χ1) is 10.2. The van der Waals surface area contributed by atoms with Gasteiger partial charge in [-0.2, -0.15) is 0 Å². The van der Waals surface area contributed by atoms with Crippen molar-refractivity contribution >= 4 is 0 Å². The molecule has 116 valence electrons. The summed E-state index contributed by atoms with van der Waals surface area (Å²) in [6.07, 6.45) is 7.31. The molecule has 0 radical (unpaired) electrons. The van der Waals surface area contributed by atoms with Gasteiger partial charge in [0.25, 0.3) is 0 Å². The number of ether oxygens (including phenoxy) is 2. The monoisotopic (exact) mass is 289 g/mol. The Bertz CT molecular complexity index is 494. The number of hydrogen-bond acceptors (Lipinski definition) is 3. The van der Waals surface area contributed by atoms with Crippen LogP contribution in [0.3, 0.4) is 0 Å². The highest BCUT2D eigenvalue weighted by Gasteiger charge is 2.42. The lowest BCUT2D eigenvalue weighted by Crippen LogP contribution is -2.41. The van der Waals surface area contributed by atoms with Crippen LogP contribution in [0.4, 0.5) is 0 Å². The van der Waals surface area contributed by atoms with E-state index in [1.165, 1.54) is 31.2 Å².